The highest BCUT2D eigenvalue weighted by atomic mass is 19.4. The fourth-order valence-corrected chi connectivity index (χ4v) is 1.61. The number of hydrogen-bond donors (Lipinski definition) is 2. The molecule has 104 valence electrons. The van der Waals surface area contributed by atoms with Gasteiger partial charge in [0.1, 0.15) is 17.1 Å². The van der Waals surface area contributed by atoms with Crippen LogP contribution in [0.5, 0.6) is 0 Å². The molecule has 0 saturated heterocycles. The maximum atomic E-state index is 12.5. The number of carboxylic acids is 1. The van der Waals surface area contributed by atoms with Crippen molar-refractivity contribution in [3.8, 4) is 0 Å². The van der Waals surface area contributed by atoms with Crippen LogP contribution in [0.15, 0.2) is 12.1 Å². The number of carbonyl (C=O) groups is 1. The zero-order valence-corrected chi connectivity index (χ0v) is 10.2. The number of aromatic carboxylic acids is 1. The molecule has 2 N–H and O–H groups in total. The standard InChI is InChI=1S/C12H13F3N2O2/c1-11(4-5-11)6-16-9-7(10(18)19)2-3-8(17-9)12(13,14)15/h2-3H,4-6H2,1H3,(H,16,17)(H,18,19). The average molecular weight is 274 g/mol. The summed E-state index contributed by atoms with van der Waals surface area (Å²) in [5, 5.41) is 11.7. The predicted molar refractivity (Wildman–Crippen MR) is 62.0 cm³/mol. The Morgan fingerprint density at radius 3 is 2.58 bits per heavy atom. The Labute approximate surface area is 107 Å². The first-order chi connectivity index (χ1) is 8.71. The number of carboxylic acid groups (broad SMARTS) is 1. The summed E-state index contributed by atoms with van der Waals surface area (Å²) < 4.78 is 37.6. The van der Waals surface area contributed by atoms with Gasteiger partial charge in [0.2, 0.25) is 0 Å². The first-order valence-corrected chi connectivity index (χ1v) is 5.77. The van der Waals surface area contributed by atoms with E-state index in [4.69, 9.17) is 5.11 Å². The summed E-state index contributed by atoms with van der Waals surface area (Å²) in [6.45, 7) is 2.40. The molecule has 1 fully saturated rings. The van der Waals surface area contributed by atoms with Crippen LogP contribution in [0.4, 0.5) is 19.0 Å². The molecule has 0 radical (unpaired) electrons. The van der Waals surface area contributed by atoms with Crippen LogP contribution < -0.4 is 5.32 Å². The highest BCUT2D eigenvalue weighted by molar-refractivity contribution is 5.93. The molecule has 0 bridgehead atoms. The Bertz CT molecular complexity index is 510. The second-order valence-corrected chi connectivity index (χ2v) is 5.06. The lowest BCUT2D eigenvalue weighted by Gasteiger charge is -2.14. The molecule has 19 heavy (non-hydrogen) atoms. The van der Waals surface area contributed by atoms with Gasteiger partial charge in [0.25, 0.3) is 0 Å². The van der Waals surface area contributed by atoms with Crippen LogP contribution in [-0.4, -0.2) is 22.6 Å². The van der Waals surface area contributed by atoms with E-state index in [2.05, 4.69) is 10.3 Å². The van der Waals surface area contributed by atoms with Crippen LogP contribution in [-0.2, 0) is 6.18 Å². The van der Waals surface area contributed by atoms with Gasteiger partial charge >= 0.3 is 12.1 Å². The van der Waals surface area contributed by atoms with Crippen molar-refractivity contribution in [3.63, 3.8) is 0 Å². The third-order valence-electron chi connectivity index (χ3n) is 3.20. The molecular formula is C12H13F3N2O2. The molecular weight excluding hydrogens is 261 g/mol. The number of anilines is 1. The number of nitrogens with zero attached hydrogens (tertiary/aromatic N) is 1. The van der Waals surface area contributed by atoms with Crippen LogP contribution in [0.25, 0.3) is 0 Å². The maximum Gasteiger partial charge on any atom is 0.433 e. The SMILES string of the molecule is CC1(CNc2nc(C(F)(F)F)ccc2C(=O)O)CC1. The lowest BCUT2D eigenvalue weighted by atomic mass is 10.1. The number of hydrogen-bond acceptors (Lipinski definition) is 3. The lowest BCUT2D eigenvalue weighted by molar-refractivity contribution is -0.141. The van der Waals surface area contributed by atoms with Crippen LogP contribution in [0.3, 0.4) is 0 Å². The first-order valence-electron chi connectivity index (χ1n) is 5.77. The molecule has 7 heteroatoms. The van der Waals surface area contributed by atoms with E-state index in [1.54, 1.807) is 0 Å². The van der Waals surface area contributed by atoms with Crippen molar-refractivity contribution in [1.29, 1.82) is 0 Å². The molecule has 0 aromatic carbocycles. The summed E-state index contributed by atoms with van der Waals surface area (Å²) in [6, 6.07) is 1.60. The minimum Gasteiger partial charge on any atom is -0.478 e. The van der Waals surface area contributed by atoms with E-state index >= 15 is 0 Å². The van der Waals surface area contributed by atoms with Crippen molar-refractivity contribution < 1.29 is 23.1 Å². The van der Waals surface area contributed by atoms with Gasteiger partial charge in [-0.25, -0.2) is 9.78 Å². The molecule has 0 aliphatic heterocycles. The van der Waals surface area contributed by atoms with E-state index < -0.39 is 17.8 Å². The molecule has 0 unspecified atom stereocenters. The molecule has 0 amide bonds. The van der Waals surface area contributed by atoms with E-state index in [1.165, 1.54) is 0 Å². The van der Waals surface area contributed by atoms with E-state index in [9.17, 15) is 18.0 Å². The lowest BCUT2D eigenvalue weighted by Crippen LogP contribution is -2.18. The molecule has 4 nitrogen and oxygen atoms in total. The maximum absolute atomic E-state index is 12.5. The number of halogens is 3. The number of pyridine rings is 1. The van der Waals surface area contributed by atoms with Gasteiger partial charge in [-0.1, -0.05) is 6.92 Å². The minimum absolute atomic E-state index is 0.0334. The Kier molecular flexibility index (Phi) is 3.15. The van der Waals surface area contributed by atoms with E-state index in [-0.39, 0.29) is 16.8 Å². The van der Waals surface area contributed by atoms with Crippen LogP contribution in [0, 0.1) is 5.41 Å². The molecule has 2 rings (SSSR count). The largest absolute Gasteiger partial charge is 0.478 e. The highest BCUT2D eigenvalue weighted by Crippen LogP contribution is 2.44. The molecule has 1 aromatic rings. The van der Waals surface area contributed by atoms with Crippen LogP contribution >= 0.6 is 0 Å². The van der Waals surface area contributed by atoms with Crippen molar-refractivity contribution in [3.05, 3.63) is 23.4 Å². The van der Waals surface area contributed by atoms with Crippen LogP contribution in [0.2, 0.25) is 0 Å². The van der Waals surface area contributed by atoms with Gasteiger partial charge in [-0.05, 0) is 30.4 Å². The zero-order valence-electron chi connectivity index (χ0n) is 10.2. The fraction of sp³-hybridized carbons (Fsp3) is 0.500. The summed E-state index contributed by atoms with van der Waals surface area (Å²) in [5.41, 5.74) is -1.32. The summed E-state index contributed by atoms with van der Waals surface area (Å²) in [5.74, 6) is -1.53. The normalized spacial score (nSPS) is 17.1. The molecule has 1 saturated carbocycles. The quantitative estimate of drug-likeness (QED) is 0.886. The molecule has 0 spiro atoms. The summed E-state index contributed by atoms with van der Waals surface area (Å²) in [4.78, 5) is 14.3. The van der Waals surface area contributed by atoms with Crippen molar-refractivity contribution in [1.82, 2.24) is 4.98 Å². The van der Waals surface area contributed by atoms with Gasteiger partial charge in [-0.2, -0.15) is 13.2 Å². The molecule has 1 aliphatic carbocycles. The summed E-state index contributed by atoms with van der Waals surface area (Å²) in [7, 11) is 0. The number of alkyl halides is 3. The van der Waals surface area contributed by atoms with Gasteiger partial charge in [0.15, 0.2) is 0 Å². The van der Waals surface area contributed by atoms with Gasteiger partial charge in [-0.3, -0.25) is 0 Å². The Morgan fingerprint density at radius 2 is 2.11 bits per heavy atom. The second kappa shape index (κ2) is 4.40. The van der Waals surface area contributed by atoms with E-state index in [1.807, 2.05) is 6.92 Å². The fourth-order valence-electron chi connectivity index (χ4n) is 1.61. The van der Waals surface area contributed by atoms with Crippen molar-refractivity contribution in [2.24, 2.45) is 5.41 Å². The average Bonchev–Trinajstić information content (AvgIpc) is 3.03. The topological polar surface area (TPSA) is 62.2 Å². The first kappa shape index (κ1) is 13.6. The van der Waals surface area contributed by atoms with Crippen LogP contribution in [0.1, 0.15) is 35.8 Å². The van der Waals surface area contributed by atoms with Gasteiger partial charge < -0.3 is 10.4 Å². The second-order valence-electron chi connectivity index (χ2n) is 5.06. The predicted octanol–water partition coefficient (Wildman–Crippen LogP) is 3.01. The van der Waals surface area contributed by atoms with E-state index in [0.29, 0.717) is 12.6 Å². The molecule has 0 atom stereocenters. The van der Waals surface area contributed by atoms with Gasteiger partial charge in [0.05, 0.1) is 0 Å². The molecule has 1 aromatic heterocycles. The number of aromatic nitrogens is 1. The zero-order chi connectivity index (χ0) is 14.3. The minimum atomic E-state index is -4.59. The summed E-state index contributed by atoms with van der Waals surface area (Å²) in [6.07, 6.45) is -2.64. The Morgan fingerprint density at radius 1 is 1.47 bits per heavy atom. The Balaban J connectivity index is 2.27. The third-order valence-corrected chi connectivity index (χ3v) is 3.20. The van der Waals surface area contributed by atoms with Crippen molar-refractivity contribution in [2.45, 2.75) is 25.9 Å². The van der Waals surface area contributed by atoms with Crippen molar-refractivity contribution in [2.75, 3.05) is 11.9 Å². The summed E-state index contributed by atoms with van der Waals surface area (Å²) >= 11 is 0. The van der Waals surface area contributed by atoms with E-state index in [0.717, 1.165) is 18.9 Å². The molecule has 1 aliphatic rings. The van der Waals surface area contributed by atoms with Gasteiger partial charge in [0, 0.05) is 6.54 Å². The third kappa shape index (κ3) is 3.15. The smallest absolute Gasteiger partial charge is 0.433 e. The van der Waals surface area contributed by atoms with Crippen molar-refractivity contribution >= 4 is 11.8 Å². The Hall–Kier alpha value is -1.79. The van der Waals surface area contributed by atoms with Gasteiger partial charge in [-0.15, -0.1) is 0 Å². The molecule has 1 heterocycles. The highest BCUT2D eigenvalue weighted by Gasteiger charge is 2.38. The number of nitrogens with one attached hydrogen (secondary N) is 1. The number of rotatable bonds is 4. The monoisotopic (exact) mass is 274 g/mol.